The molecule has 0 saturated carbocycles. The van der Waals surface area contributed by atoms with E-state index in [2.05, 4.69) is 42.4 Å². The summed E-state index contributed by atoms with van der Waals surface area (Å²) >= 11 is 6.93. The maximum atomic E-state index is 12.1. The predicted octanol–water partition coefficient (Wildman–Crippen LogP) is 5.16. The Balaban J connectivity index is 1.98. The van der Waals surface area contributed by atoms with Crippen LogP contribution in [0.2, 0.25) is 0 Å². The van der Waals surface area contributed by atoms with Gasteiger partial charge in [-0.2, -0.15) is 5.10 Å². The van der Waals surface area contributed by atoms with E-state index in [1.807, 2.05) is 26.0 Å². The smallest absolute Gasteiger partial charge is 0.271 e. The minimum atomic E-state index is -0.285. The number of amides is 1. The third-order valence-electron chi connectivity index (χ3n) is 3.28. The van der Waals surface area contributed by atoms with Gasteiger partial charge in [-0.3, -0.25) is 4.79 Å². The first-order valence-electron chi connectivity index (χ1n) is 8.23. The van der Waals surface area contributed by atoms with Gasteiger partial charge in [0.05, 0.1) is 28.4 Å². The molecule has 0 atom stereocenters. The summed E-state index contributed by atoms with van der Waals surface area (Å²) in [5.74, 6) is 1.20. The SMILES string of the molecule is CCCOc1ccc(C(=O)N/N=C/c2cc(Br)c(OCC)c(Br)c2)cc1. The Bertz CT molecular complexity index is 754. The molecule has 5 nitrogen and oxygen atoms in total. The van der Waals surface area contributed by atoms with Crippen molar-refractivity contribution < 1.29 is 14.3 Å². The van der Waals surface area contributed by atoms with Crippen LogP contribution in [0.5, 0.6) is 11.5 Å². The molecule has 0 unspecified atom stereocenters. The standard InChI is InChI=1S/C19H20Br2N2O3/c1-3-9-26-15-7-5-14(6-8-15)19(24)23-22-12-13-10-16(20)18(25-4-2)17(21)11-13/h5-8,10-12H,3-4,9H2,1-2H3,(H,23,24)/b22-12+. The van der Waals surface area contributed by atoms with Gasteiger partial charge in [-0.25, -0.2) is 5.43 Å². The minimum absolute atomic E-state index is 0.285. The Hall–Kier alpha value is -1.86. The fourth-order valence-electron chi connectivity index (χ4n) is 2.09. The third-order valence-corrected chi connectivity index (χ3v) is 4.46. The van der Waals surface area contributed by atoms with Gasteiger partial charge in [-0.15, -0.1) is 0 Å². The largest absolute Gasteiger partial charge is 0.494 e. The highest BCUT2D eigenvalue weighted by molar-refractivity contribution is 9.11. The molecule has 1 amide bonds. The molecule has 0 spiro atoms. The second-order valence-electron chi connectivity index (χ2n) is 5.32. The highest BCUT2D eigenvalue weighted by Gasteiger charge is 2.08. The second-order valence-corrected chi connectivity index (χ2v) is 7.03. The van der Waals surface area contributed by atoms with Crippen molar-refractivity contribution in [2.24, 2.45) is 5.10 Å². The number of ether oxygens (including phenoxy) is 2. The van der Waals surface area contributed by atoms with Crippen LogP contribution < -0.4 is 14.9 Å². The van der Waals surface area contributed by atoms with Crippen LogP contribution in [0.1, 0.15) is 36.2 Å². The zero-order valence-electron chi connectivity index (χ0n) is 14.6. The first kappa shape index (κ1) is 20.5. The summed E-state index contributed by atoms with van der Waals surface area (Å²) < 4.78 is 12.7. The van der Waals surface area contributed by atoms with Crippen LogP contribution in [-0.4, -0.2) is 25.3 Å². The molecule has 2 aromatic carbocycles. The molecule has 7 heteroatoms. The number of carbonyl (C=O) groups excluding carboxylic acids is 1. The lowest BCUT2D eigenvalue weighted by Gasteiger charge is -2.09. The highest BCUT2D eigenvalue weighted by Crippen LogP contribution is 2.34. The van der Waals surface area contributed by atoms with E-state index in [0.717, 1.165) is 32.4 Å². The zero-order valence-corrected chi connectivity index (χ0v) is 17.8. The summed E-state index contributed by atoms with van der Waals surface area (Å²) in [5.41, 5.74) is 3.85. The second kappa shape index (κ2) is 10.3. The van der Waals surface area contributed by atoms with Crippen LogP contribution in [0, 0.1) is 0 Å². The van der Waals surface area contributed by atoms with Gasteiger partial charge in [0.15, 0.2) is 0 Å². The molecular formula is C19H20Br2N2O3. The fraction of sp³-hybridized carbons (Fsp3) is 0.263. The van der Waals surface area contributed by atoms with E-state index in [9.17, 15) is 4.79 Å². The molecular weight excluding hydrogens is 464 g/mol. The summed E-state index contributed by atoms with van der Waals surface area (Å²) in [6.45, 7) is 5.19. The van der Waals surface area contributed by atoms with E-state index >= 15 is 0 Å². The van der Waals surface area contributed by atoms with Crippen molar-refractivity contribution in [3.63, 3.8) is 0 Å². The Morgan fingerprint density at radius 3 is 2.35 bits per heavy atom. The lowest BCUT2D eigenvalue weighted by atomic mass is 10.2. The Kier molecular flexibility index (Phi) is 8.12. The van der Waals surface area contributed by atoms with E-state index in [1.54, 1.807) is 30.5 Å². The van der Waals surface area contributed by atoms with Crippen molar-refractivity contribution in [2.45, 2.75) is 20.3 Å². The highest BCUT2D eigenvalue weighted by atomic mass is 79.9. The monoisotopic (exact) mass is 482 g/mol. The van der Waals surface area contributed by atoms with Crippen molar-refractivity contribution >= 4 is 44.0 Å². The molecule has 0 radical (unpaired) electrons. The van der Waals surface area contributed by atoms with Gasteiger partial charge in [0.1, 0.15) is 11.5 Å². The first-order chi connectivity index (χ1) is 12.5. The molecule has 0 aliphatic carbocycles. The number of nitrogens with one attached hydrogen (secondary N) is 1. The van der Waals surface area contributed by atoms with Gasteiger partial charge in [-0.05, 0) is 87.2 Å². The maximum Gasteiger partial charge on any atom is 0.271 e. The van der Waals surface area contributed by atoms with Crippen LogP contribution >= 0.6 is 31.9 Å². The molecule has 2 aromatic rings. The van der Waals surface area contributed by atoms with E-state index < -0.39 is 0 Å². The van der Waals surface area contributed by atoms with E-state index in [1.165, 1.54) is 0 Å². The quantitative estimate of drug-likeness (QED) is 0.416. The predicted molar refractivity (Wildman–Crippen MR) is 110 cm³/mol. The maximum absolute atomic E-state index is 12.1. The lowest BCUT2D eigenvalue weighted by Crippen LogP contribution is -2.17. The lowest BCUT2D eigenvalue weighted by molar-refractivity contribution is 0.0955. The van der Waals surface area contributed by atoms with Crippen LogP contribution in [-0.2, 0) is 0 Å². The number of hydrogen-bond acceptors (Lipinski definition) is 4. The topological polar surface area (TPSA) is 59.9 Å². The van der Waals surface area contributed by atoms with Gasteiger partial charge >= 0.3 is 0 Å². The Labute approximate surface area is 170 Å². The van der Waals surface area contributed by atoms with Crippen LogP contribution in [0.3, 0.4) is 0 Å². The zero-order chi connectivity index (χ0) is 18.9. The molecule has 2 rings (SSSR count). The van der Waals surface area contributed by atoms with Gasteiger partial charge in [0.2, 0.25) is 0 Å². The number of hydrazone groups is 1. The fourth-order valence-corrected chi connectivity index (χ4v) is 3.54. The number of halogens is 2. The van der Waals surface area contributed by atoms with Gasteiger partial charge in [-0.1, -0.05) is 6.92 Å². The summed E-state index contributed by atoms with van der Waals surface area (Å²) in [6.07, 6.45) is 2.51. The molecule has 0 aliphatic rings. The summed E-state index contributed by atoms with van der Waals surface area (Å²) in [6, 6.07) is 10.7. The molecule has 0 saturated heterocycles. The number of hydrogen-bond donors (Lipinski definition) is 1. The van der Waals surface area contributed by atoms with Crippen molar-refractivity contribution in [2.75, 3.05) is 13.2 Å². The van der Waals surface area contributed by atoms with Crippen LogP contribution in [0.4, 0.5) is 0 Å². The Morgan fingerprint density at radius 2 is 1.77 bits per heavy atom. The van der Waals surface area contributed by atoms with Crippen molar-refractivity contribution in [1.29, 1.82) is 0 Å². The summed E-state index contributed by atoms with van der Waals surface area (Å²) in [5, 5.41) is 4.01. The van der Waals surface area contributed by atoms with Crippen molar-refractivity contribution in [3.05, 3.63) is 56.5 Å². The molecule has 0 aromatic heterocycles. The van der Waals surface area contributed by atoms with Crippen LogP contribution in [0.25, 0.3) is 0 Å². The van der Waals surface area contributed by atoms with Gasteiger partial charge in [0, 0.05) is 5.56 Å². The molecule has 0 heterocycles. The number of nitrogens with zero attached hydrogens (tertiary/aromatic N) is 1. The van der Waals surface area contributed by atoms with Crippen molar-refractivity contribution in [1.82, 2.24) is 5.43 Å². The number of carbonyl (C=O) groups is 1. The van der Waals surface area contributed by atoms with E-state index in [4.69, 9.17) is 9.47 Å². The summed E-state index contributed by atoms with van der Waals surface area (Å²) in [4.78, 5) is 12.1. The summed E-state index contributed by atoms with van der Waals surface area (Å²) in [7, 11) is 0. The Morgan fingerprint density at radius 1 is 1.12 bits per heavy atom. The average Bonchev–Trinajstić information content (AvgIpc) is 2.63. The van der Waals surface area contributed by atoms with Gasteiger partial charge < -0.3 is 9.47 Å². The molecule has 0 aliphatic heterocycles. The molecule has 1 N–H and O–H groups in total. The first-order valence-corrected chi connectivity index (χ1v) is 9.81. The molecule has 138 valence electrons. The molecule has 0 bridgehead atoms. The molecule has 26 heavy (non-hydrogen) atoms. The molecule has 0 fully saturated rings. The van der Waals surface area contributed by atoms with E-state index in [0.29, 0.717) is 18.8 Å². The minimum Gasteiger partial charge on any atom is -0.494 e. The van der Waals surface area contributed by atoms with Crippen LogP contribution in [0.15, 0.2) is 50.4 Å². The third kappa shape index (κ3) is 5.85. The van der Waals surface area contributed by atoms with E-state index in [-0.39, 0.29) is 5.91 Å². The van der Waals surface area contributed by atoms with Gasteiger partial charge in [0.25, 0.3) is 5.91 Å². The normalized spacial score (nSPS) is 10.8. The number of rotatable bonds is 8. The average molecular weight is 484 g/mol. The number of benzene rings is 2. The van der Waals surface area contributed by atoms with Crippen molar-refractivity contribution in [3.8, 4) is 11.5 Å².